The lowest BCUT2D eigenvalue weighted by atomic mass is 10.2. The van der Waals surface area contributed by atoms with Crippen molar-refractivity contribution in [3.05, 3.63) is 94.0 Å². The number of benzene rings is 3. The second-order valence-electron chi connectivity index (χ2n) is 6.51. The molecule has 0 spiro atoms. The number of hydrogen-bond acceptors (Lipinski definition) is 5. The maximum atomic E-state index is 12.4. The van der Waals surface area contributed by atoms with Crippen LogP contribution in [0.3, 0.4) is 0 Å². The van der Waals surface area contributed by atoms with E-state index in [1.807, 2.05) is 13.0 Å². The second-order valence-corrected chi connectivity index (χ2v) is 7.43. The highest BCUT2D eigenvalue weighted by Gasteiger charge is 2.11. The summed E-state index contributed by atoms with van der Waals surface area (Å²) in [6, 6.07) is 20.7. The van der Waals surface area contributed by atoms with E-state index in [-0.39, 0.29) is 5.91 Å². The third kappa shape index (κ3) is 6.52. The first-order valence-electron chi connectivity index (χ1n) is 9.70. The summed E-state index contributed by atoms with van der Waals surface area (Å²) >= 11 is 3.39. The van der Waals surface area contributed by atoms with Gasteiger partial charge in [-0.3, -0.25) is 4.79 Å². The van der Waals surface area contributed by atoms with Gasteiger partial charge in [0.1, 0.15) is 11.5 Å². The van der Waals surface area contributed by atoms with Gasteiger partial charge in [0.2, 0.25) is 0 Å². The fourth-order valence-corrected chi connectivity index (χ4v) is 2.97. The van der Waals surface area contributed by atoms with Gasteiger partial charge in [0.25, 0.3) is 5.91 Å². The molecule has 1 amide bonds. The number of ether oxygens (including phenoxy) is 2. The third-order valence-electron chi connectivity index (χ3n) is 4.14. The molecule has 31 heavy (non-hydrogen) atoms. The average Bonchev–Trinajstić information content (AvgIpc) is 2.80. The van der Waals surface area contributed by atoms with E-state index in [2.05, 4.69) is 26.5 Å². The van der Waals surface area contributed by atoms with Crippen molar-refractivity contribution in [2.45, 2.75) is 13.3 Å². The van der Waals surface area contributed by atoms with Crippen LogP contribution in [0.1, 0.15) is 39.6 Å². The van der Waals surface area contributed by atoms with Gasteiger partial charge >= 0.3 is 5.97 Å². The van der Waals surface area contributed by atoms with Gasteiger partial charge in [0.15, 0.2) is 0 Å². The van der Waals surface area contributed by atoms with Gasteiger partial charge in [-0.25, -0.2) is 10.2 Å². The van der Waals surface area contributed by atoms with Crippen LogP contribution in [-0.4, -0.2) is 24.7 Å². The average molecular weight is 481 g/mol. The first-order chi connectivity index (χ1) is 15.1. The smallest absolute Gasteiger partial charge is 0.343 e. The predicted molar refractivity (Wildman–Crippen MR) is 123 cm³/mol. The minimum atomic E-state index is -0.480. The van der Waals surface area contributed by atoms with Crippen molar-refractivity contribution >= 4 is 34.0 Å². The zero-order valence-corrected chi connectivity index (χ0v) is 18.5. The normalized spacial score (nSPS) is 10.6. The number of hydrogen-bond donors (Lipinski definition) is 1. The van der Waals surface area contributed by atoms with Gasteiger partial charge in [-0.15, -0.1) is 0 Å². The number of halogens is 1. The molecule has 158 valence electrons. The monoisotopic (exact) mass is 480 g/mol. The molecule has 0 saturated carbocycles. The van der Waals surface area contributed by atoms with Crippen molar-refractivity contribution in [3.63, 3.8) is 0 Å². The number of carbonyl (C=O) groups is 2. The number of nitrogens with zero attached hydrogens (tertiary/aromatic N) is 1. The van der Waals surface area contributed by atoms with Crippen molar-refractivity contribution in [1.29, 1.82) is 0 Å². The molecule has 6 nitrogen and oxygen atoms in total. The molecule has 3 aromatic carbocycles. The van der Waals surface area contributed by atoms with Crippen LogP contribution in [0.25, 0.3) is 0 Å². The van der Waals surface area contributed by atoms with Crippen LogP contribution in [0.2, 0.25) is 0 Å². The molecule has 0 saturated heterocycles. The summed E-state index contributed by atoms with van der Waals surface area (Å²) in [7, 11) is 0. The van der Waals surface area contributed by atoms with Gasteiger partial charge in [0, 0.05) is 15.6 Å². The molecule has 7 heteroatoms. The van der Waals surface area contributed by atoms with E-state index in [9.17, 15) is 9.59 Å². The summed E-state index contributed by atoms with van der Waals surface area (Å²) < 4.78 is 11.8. The molecular formula is C24H21BrN2O4. The molecule has 0 aliphatic rings. The summed E-state index contributed by atoms with van der Waals surface area (Å²) in [5, 5.41) is 4.00. The summed E-state index contributed by atoms with van der Waals surface area (Å²) in [6.07, 6.45) is 2.34. The van der Waals surface area contributed by atoms with E-state index in [1.165, 1.54) is 6.21 Å². The van der Waals surface area contributed by atoms with E-state index in [1.54, 1.807) is 66.7 Å². The lowest BCUT2D eigenvalue weighted by molar-refractivity contribution is 0.0734. The van der Waals surface area contributed by atoms with Crippen LogP contribution in [0.4, 0.5) is 0 Å². The van der Waals surface area contributed by atoms with Gasteiger partial charge in [-0.1, -0.05) is 41.1 Å². The number of amides is 1. The molecule has 0 heterocycles. The first kappa shape index (κ1) is 22.2. The second kappa shape index (κ2) is 11.1. The first-order valence-corrected chi connectivity index (χ1v) is 10.5. The molecule has 3 rings (SSSR count). The molecular weight excluding hydrogens is 460 g/mol. The number of nitrogens with one attached hydrogen (secondary N) is 1. The molecule has 0 radical (unpaired) electrons. The molecule has 0 bridgehead atoms. The van der Waals surface area contributed by atoms with Gasteiger partial charge in [-0.2, -0.15) is 5.10 Å². The molecule has 1 N–H and O–H groups in total. The third-order valence-corrected chi connectivity index (χ3v) is 4.64. The quantitative estimate of drug-likeness (QED) is 0.207. The van der Waals surface area contributed by atoms with Crippen LogP contribution < -0.4 is 14.9 Å². The molecule has 0 unspecified atom stereocenters. The van der Waals surface area contributed by atoms with Crippen molar-refractivity contribution in [1.82, 2.24) is 5.43 Å². The van der Waals surface area contributed by atoms with Crippen molar-refractivity contribution in [3.8, 4) is 11.5 Å². The fourth-order valence-electron chi connectivity index (χ4n) is 2.59. The number of rotatable bonds is 8. The van der Waals surface area contributed by atoms with Crippen molar-refractivity contribution < 1.29 is 19.1 Å². The lowest BCUT2D eigenvalue weighted by Crippen LogP contribution is -2.17. The highest BCUT2D eigenvalue weighted by atomic mass is 79.9. The van der Waals surface area contributed by atoms with Crippen molar-refractivity contribution in [2.75, 3.05) is 6.61 Å². The Morgan fingerprint density at radius 1 is 1.00 bits per heavy atom. The zero-order chi connectivity index (χ0) is 22.1. The Morgan fingerprint density at radius 2 is 1.74 bits per heavy atom. The van der Waals surface area contributed by atoms with Crippen LogP contribution in [0.15, 0.2) is 82.4 Å². The standard InChI is InChI=1S/C24H21BrN2O4/c1-2-14-30-21-11-8-17(9-12-21)23(28)27-26-16-19-15-20(25)10-13-22(19)31-24(29)18-6-4-3-5-7-18/h3-13,15-16H,2,14H2,1H3,(H,27,28)/b26-16+. The van der Waals surface area contributed by atoms with E-state index in [0.717, 1.165) is 10.9 Å². The van der Waals surface area contributed by atoms with E-state index in [0.29, 0.717) is 34.8 Å². The van der Waals surface area contributed by atoms with E-state index < -0.39 is 5.97 Å². The molecule has 0 aliphatic carbocycles. The molecule has 0 fully saturated rings. The molecule has 0 atom stereocenters. The predicted octanol–water partition coefficient (Wildman–Crippen LogP) is 5.22. The Morgan fingerprint density at radius 3 is 2.45 bits per heavy atom. The fraction of sp³-hybridized carbons (Fsp3) is 0.125. The Bertz CT molecular complexity index is 1070. The Balaban J connectivity index is 1.66. The summed E-state index contributed by atoms with van der Waals surface area (Å²) in [5.41, 5.74) is 3.89. The van der Waals surface area contributed by atoms with Crippen LogP contribution in [0, 0.1) is 0 Å². The Kier molecular flexibility index (Phi) is 7.95. The van der Waals surface area contributed by atoms with Gasteiger partial charge < -0.3 is 9.47 Å². The molecule has 0 aromatic heterocycles. The van der Waals surface area contributed by atoms with E-state index >= 15 is 0 Å². The summed E-state index contributed by atoms with van der Waals surface area (Å²) in [4.78, 5) is 24.7. The van der Waals surface area contributed by atoms with Crippen LogP contribution in [-0.2, 0) is 0 Å². The molecule has 3 aromatic rings. The maximum absolute atomic E-state index is 12.4. The summed E-state index contributed by atoms with van der Waals surface area (Å²) in [5.74, 6) is 0.191. The minimum Gasteiger partial charge on any atom is -0.494 e. The lowest BCUT2D eigenvalue weighted by Gasteiger charge is -2.08. The number of carbonyl (C=O) groups excluding carboxylic acids is 2. The minimum absolute atomic E-state index is 0.326. The maximum Gasteiger partial charge on any atom is 0.343 e. The number of esters is 1. The van der Waals surface area contributed by atoms with Gasteiger partial charge in [0.05, 0.1) is 18.4 Å². The highest BCUT2D eigenvalue weighted by Crippen LogP contribution is 2.23. The van der Waals surface area contributed by atoms with Crippen LogP contribution in [0.5, 0.6) is 11.5 Å². The summed E-state index contributed by atoms with van der Waals surface area (Å²) in [6.45, 7) is 2.65. The van der Waals surface area contributed by atoms with Gasteiger partial charge in [-0.05, 0) is 61.0 Å². The number of hydrazone groups is 1. The van der Waals surface area contributed by atoms with E-state index in [4.69, 9.17) is 9.47 Å². The van der Waals surface area contributed by atoms with Crippen LogP contribution >= 0.6 is 15.9 Å². The molecule has 0 aliphatic heterocycles. The zero-order valence-electron chi connectivity index (χ0n) is 16.9. The van der Waals surface area contributed by atoms with Crippen molar-refractivity contribution in [2.24, 2.45) is 5.10 Å². The topological polar surface area (TPSA) is 77.0 Å². The SMILES string of the molecule is CCCOc1ccc(C(=O)N/N=C/c2cc(Br)ccc2OC(=O)c2ccccc2)cc1. The Labute approximate surface area is 189 Å². The highest BCUT2D eigenvalue weighted by molar-refractivity contribution is 9.10. The largest absolute Gasteiger partial charge is 0.494 e. The Hall–Kier alpha value is -3.45.